The molecular weight excluding hydrogens is 1030 g/mol. The lowest BCUT2D eigenvalue weighted by atomic mass is 10.1. The van der Waals surface area contributed by atoms with Gasteiger partial charge < -0.3 is 50.0 Å². The van der Waals surface area contributed by atoms with Gasteiger partial charge in [0.1, 0.15) is 42.3 Å². The van der Waals surface area contributed by atoms with E-state index < -0.39 is 77.0 Å². The molecule has 0 radical (unpaired) electrons. The topological polar surface area (TPSA) is 389 Å². The summed E-state index contributed by atoms with van der Waals surface area (Å²) in [5, 5.41) is 24.6. The number of nitrogen functional groups attached to an aromatic ring is 1. The molecule has 3 unspecified atom stereocenters. The van der Waals surface area contributed by atoms with Crippen LogP contribution in [-0.4, -0.2) is 120 Å². The van der Waals surface area contributed by atoms with Crippen molar-refractivity contribution < 1.29 is 87.7 Å². The highest BCUT2D eigenvalue weighted by Crippen LogP contribution is 2.67. The molecule has 5 heterocycles. The number of fused-ring (bicyclic) bond motifs is 2. The van der Waals surface area contributed by atoms with E-state index in [1.165, 1.54) is 10.9 Å². The highest BCUT2D eigenvalue weighted by atomic mass is 32.2. The number of ether oxygens (including phenoxy) is 1. The fourth-order valence-electron chi connectivity index (χ4n) is 7.67. The third kappa shape index (κ3) is 16.5. The summed E-state index contributed by atoms with van der Waals surface area (Å²) < 4.78 is 99.9. The van der Waals surface area contributed by atoms with Crippen LogP contribution in [0.25, 0.3) is 33.3 Å². The number of aromatic nitrogens is 5. The van der Waals surface area contributed by atoms with E-state index >= 15 is 0 Å². The van der Waals surface area contributed by atoms with Gasteiger partial charge in [0, 0.05) is 67.3 Å². The summed E-state index contributed by atoms with van der Waals surface area (Å²) in [5.41, 5.74) is 7.93. The Kier molecular flexibility index (Phi) is 19.8. The maximum atomic E-state index is 13.0. The fourth-order valence-corrected chi connectivity index (χ4v) is 11.7. The van der Waals surface area contributed by atoms with Crippen LogP contribution in [0.4, 0.5) is 11.5 Å². The minimum absolute atomic E-state index is 0.0308. The average Bonchev–Trinajstić information content (AvgIpc) is 3.86. The average molecular weight is 1090 g/mol. The van der Waals surface area contributed by atoms with Gasteiger partial charge in [-0.3, -0.25) is 23.0 Å². The molecule has 72 heavy (non-hydrogen) atoms. The number of aliphatic hydroxyl groups excluding tert-OH is 2. The number of carbonyl (C=O) groups excluding carboxylic acids is 1. The highest BCUT2D eigenvalue weighted by molar-refractivity contribution is 7.85. The molecule has 1 aliphatic rings. The van der Waals surface area contributed by atoms with E-state index in [2.05, 4.69) is 38.3 Å². The Labute approximate surface area is 412 Å². The number of phosphoric acid groups is 3. The molecule has 1 saturated heterocycles. The zero-order chi connectivity index (χ0) is 52.3. The highest BCUT2D eigenvalue weighted by Gasteiger charge is 2.47. The summed E-state index contributed by atoms with van der Waals surface area (Å²) in [6.07, 6.45) is 4.36. The second-order valence-corrected chi connectivity index (χ2v) is 22.8. The maximum Gasteiger partial charge on any atom is 0.490 e. The first-order valence-electron chi connectivity index (χ1n) is 22.7. The Balaban J connectivity index is 0.812. The largest absolute Gasteiger partial charge is 0.490 e. The quantitative estimate of drug-likeness (QED) is 0.0112. The van der Waals surface area contributed by atoms with Crippen LogP contribution in [0.5, 0.6) is 0 Å². The Bertz CT molecular complexity index is 2970. The van der Waals surface area contributed by atoms with E-state index in [0.29, 0.717) is 75.0 Å². The summed E-state index contributed by atoms with van der Waals surface area (Å²) in [4.78, 5) is 69.3. The molecule has 31 heteroatoms. The number of nitrogens with one attached hydrogen (secondary N) is 1. The number of anilines is 2. The lowest BCUT2D eigenvalue weighted by Gasteiger charge is -2.23. The van der Waals surface area contributed by atoms with Gasteiger partial charge in [-0.05, 0) is 50.8 Å². The van der Waals surface area contributed by atoms with Gasteiger partial charge in [-0.15, -0.1) is 0 Å². The molecule has 7 atom stereocenters. The number of nitrogens with zero attached hydrogens (tertiary/aromatic N) is 6. The Morgan fingerprint density at radius 2 is 1.61 bits per heavy atom. The summed E-state index contributed by atoms with van der Waals surface area (Å²) in [6.45, 7) is 2.83. The summed E-state index contributed by atoms with van der Waals surface area (Å²) in [6, 6.07) is 10.9. The first-order valence-corrected chi connectivity index (χ1v) is 28.8. The summed E-state index contributed by atoms with van der Waals surface area (Å²) in [5.74, 6) is -0.423. The number of hydrogen-bond donors (Lipinski definition) is 8. The lowest BCUT2D eigenvalue weighted by molar-refractivity contribution is -0.696. The Hall–Kier alpha value is -4.60. The van der Waals surface area contributed by atoms with Crippen LogP contribution in [0.2, 0.25) is 0 Å². The van der Waals surface area contributed by atoms with Gasteiger partial charge >= 0.3 is 29.1 Å². The number of hydrogen-bond acceptors (Lipinski definition) is 20. The third-order valence-electron chi connectivity index (χ3n) is 11.3. The van der Waals surface area contributed by atoms with Crippen molar-refractivity contribution in [3.8, 4) is 11.1 Å². The number of unbranched alkanes of at least 4 members (excludes halogenated alkanes) is 5. The first kappa shape index (κ1) is 56.7. The minimum Gasteiger partial charge on any atom is -0.422 e. The molecule has 1 fully saturated rings. The van der Waals surface area contributed by atoms with Crippen LogP contribution in [0, 0.1) is 0 Å². The van der Waals surface area contributed by atoms with Crippen molar-refractivity contribution in [1.29, 1.82) is 0 Å². The SMILES string of the molecule is CCN(CCCCCC(=O)NCCCCCCOP(=O)(O)OP(=O)(O)OP(=O)(O)OC[C@H]1O[C@@H](n2cnc3c(N)ncnc32)[C@H](O)[C@@H]1O)c1ccc2cc(-c3cc[n+](CCCS(=O)(=O)O)cc3)c(=O)oc2c1. The zero-order valence-corrected chi connectivity index (χ0v) is 42.4. The Morgan fingerprint density at radius 3 is 2.33 bits per heavy atom. The summed E-state index contributed by atoms with van der Waals surface area (Å²) >= 11 is 0. The zero-order valence-electron chi connectivity index (χ0n) is 38.9. The van der Waals surface area contributed by atoms with Crippen molar-refractivity contribution in [2.24, 2.45) is 0 Å². The third-order valence-corrected chi connectivity index (χ3v) is 16.4. The van der Waals surface area contributed by atoms with E-state index in [1.54, 1.807) is 35.2 Å². The molecule has 0 aliphatic carbocycles. The predicted octanol–water partition coefficient (Wildman–Crippen LogP) is 3.50. The molecule has 9 N–H and O–H groups in total. The molecule has 4 aromatic heterocycles. The van der Waals surface area contributed by atoms with Crippen LogP contribution >= 0.6 is 23.5 Å². The number of nitrogens with two attached hydrogens (primary N) is 1. The lowest BCUT2D eigenvalue weighted by Crippen LogP contribution is -2.33. The number of aryl methyl sites for hydroxylation is 1. The smallest absolute Gasteiger partial charge is 0.422 e. The Morgan fingerprint density at radius 1 is 0.903 bits per heavy atom. The normalized spacial score (nSPS) is 19.8. The molecule has 1 amide bonds. The van der Waals surface area contributed by atoms with Crippen LogP contribution in [0.15, 0.2) is 70.7 Å². The van der Waals surface area contributed by atoms with Crippen molar-refractivity contribution in [3.05, 3.63) is 71.9 Å². The van der Waals surface area contributed by atoms with Crippen molar-refractivity contribution >= 4 is 73.1 Å². The van der Waals surface area contributed by atoms with Crippen LogP contribution in [0.1, 0.15) is 70.9 Å². The molecule has 1 aliphatic heterocycles. The number of phosphoric ester groups is 2. The second-order valence-electron chi connectivity index (χ2n) is 16.6. The number of imidazole rings is 1. The van der Waals surface area contributed by atoms with E-state index in [1.807, 2.05) is 25.1 Å². The maximum absolute atomic E-state index is 13.0. The van der Waals surface area contributed by atoms with E-state index in [-0.39, 0.29) is 41.5 Å². The molecule has 0 spiro atoms. The molecule has 5 aromatic rings. The second kappa shape index (κ2) is 25.1. The molecule has 0 saturated carbocycles. The molecule has 396 valence electrons. The van der Waals surface area contributed by atoms with Crippen LogP contribution in [0.3, 0.4) is 0 Å². The van der Waals surface area contributed by atoms with E-state index in [4.69, 9.17) is 24.0 Å². The molecule has 0 bridgehead atoms. The van der Waals surface area contributed by atoms with Crippen LogP contribution < -0.4 is 26.1 Å². The number of amides is 1. The predicted molar refractivity (Wildman–Crippen MR) is 256 cm³/mol. The van der Waals surface area contributed by atoms with Crippen molar-refractivity contribution in [3.63, 3.8) is 0 Å². The van der Waals surface area contributed by atoms with E-state index in [9.17, 15) is 56.6 Å². The number of carbonyl (C=O) groups is 1. The molecule has 6 rings (SSSR count). The molecule has 1 aromatic carbocycles. The fraction of sp³-hybridized carbons (Fsp3) is 0.512. The first-order chi connectivity index (χ1) is 34.0. The number of aliphatic hydroxyl groups is 2. The number of benzene rings is 1. The van der Waals surface area contributed by atoms with Gasteiger partial charge in [0.25, 0.3) is 10.1 Å². The van der Waals surface area contributed by atoms with E-state index in [0.717, 1.165) is 30.2 Å². The number of pyridine rings is 1. The minimum atomic E-state index is -5.78. The van der Waals surface area contributed by atoms with Crippen molar-refractivity contribution in [1.82, 2.24) is 24.8 Å². The van der Waals surface area contributed by atoms with Gasteiger partial charge in [-0.2, -0.15) is 17.0 Å². The standard InChI is InChI=1S/C41H57N8O19P3S/c1-2-48(30-13-12-29-23-31(41(53)66-32(29)24-30)28-14-19-47(20-15-28)17-10-22-72(60,61)62)18-8-5-6-11-34(50)43-16-7-3-4-9-21-63-69(54,55)67-71(58,59)68-70(56,57)64-25-33-36(51)37(52)40(65-33)49-27-46-35-38(42)44-26-45-39(35)49/h12-15,19-20,23-24,26-27,33,36-37,40,51-52H,2-11,16-18,21-22,25H2,1H3,(H6-,42,43,44,45,50,54,55,56,57,58,59,60,61,62)/p+1/t33-,36-,37-,40-/m1/s1. The van der Waals surface area contributed by atoms with Gasteiger partial charge in [0.05, 0.1) is 30.9 Å². The molecular formula is C41H58N8O19P3S+. The summed E-state index contributed by atoms with van der Waals surface area (Å²) in [7, 11) is -20.6. The van der Waals surface area contributed by atoms with Crippen LogP contribution in [-0.2, 0) is 57.6 Å². The monoisotopic (exact) mass is 1090 g/mol. The van der Waals surface area contributed by atoms with Crippen molar-refractivity contribution in [2.45, 2.75) is 95.8 Å². The van der Waals surface area contributed by atoms with Crippen molar-refractivity contribution in [2.75, 3.05) is 49.2 Å². The van der Waals surface area contributed by atoms with Gasteiger partial charge in [-0.1, -0.05) is 19.3 Å². The van der Waals surface area contributed by atoms with Gasteiger partial charge in [-0.25, -0.2) is 38.0 Å². The van der Waals surface area contributed by atoms with Gasteiger partial charge in [0.2, 0.25) is 5.91 Å². The number of rotatable bonds is 29. The van der Waals surface area contributed by atoms with Gasteiger partial charge in [0.15, 0.2) is 30.1 Å². The molecule has 27 nitrogen and oxygen atoms in total.